The van der Waals surface area contributed by atoms with Crippen molar-refractivity contribution in [2.45, 2.75) is 26.2 Å². The van der Waals surface area contributed by atoms with Crippen molar-refractivity contribution in [1.82, 2.24) is 0 Å². The van der Waals surface area contributed by atoms with Crippen molar-refractivity contribution < 1.29 is 4.79 Å². The Labute approximate surface area is 113 Å². The van der Waals surface area contributed by atoms with Crippen molar-refractivity contribution in [3.63, 3.8) is 0 Å². The third-order valence-electron chi connectivity index (χ3n) is 2.36. The van der Waals surface area contributed by atoms with Crippen LogP contribution in [0.15, 0.2) is 24.3 Å². The lowest BCUT2D eigenvalue weighted by molar-refractivity contribution is -0.116. The van der Waals surface area contributed by atoms with Crippen LogP contribution >= 0.6 is 11.8 Å². The molecule has 0 radical (unpaired) electrons. The van der Waals surface area contributed by atoms with Gasteiger partial charge in [-0.3, -0.25) is 4.79 Å². The minimum atomic E-state index is -0.0187. The van der Waals surface area contributed by atoms with Gasteiger partial charge in [0.15, 0.2) is 0 Å². The topological polar surface area (TPSA) is 52.9 Å². The van der Waals surface area contributed by atoms with Crippen molar-refractivity contribution >= 4 is 23.4 Å². The van der Waals surface area contributed by atoms with E-state index in [-0.39, 0.29) is 5.91 Å². The summed E-state index contributed by atoms with van der Waals surface area (Å²) >= 11 is 1.88. The van der Waals surface area contributed by atoms with Crippen LogP contribution in [-0.4, -0.2) is 17.4 Å². The number of carbonyl (C=O) groups is 1. The molecule has 1 N–H and O–H groups in total. The van der Waals surface area contributed by atoms with E-state index in [4.69, 9.17) is 5.26 Å². The van der Waals surface area contributed by atoms with Gasteiger partial charge in [0.05, 0.1) is 11.3 Å². The van der Waals surface area contributed by atoms with Crippen molar-refractivity contribution in [3.8, 4) is 6.07 Å². The molecule has 0 fully saturated rings. The van der Waals surface area contributed by atoms with Crippen LogP contribution in [0.25, 0.3) is 0 Å². The molecule has 0 saturated carbocycles. The molecule has 4 heteroatoms. The maximum absolute atomic E-state index is 11.7. The molecule has 3 nitrogen and oxygen atoms in total. The van der Waals surface area contributed by atoms with Crippen molar-refractivity contribution in [2.24, 2.45) is 0 Å². The zero-order valence-electron chi connectivity index (χ0n) is 10.6. The minimum Gasteiger partial charge on any atom is -0.325 e. The monoisotopic (exact) mass is 262 g/mol. The van der Waals surface area contributed by atoms with Gasteiger partial charge in [0.25, 0.3) is 0 Å². The fraction of sp³-hybridized carbons (Fsp3) is 0.429. The molecule has 0 aliphatic heterocycles. The zero-order chi connectivity index (χ0) is 13.2. The number of para-hydroxylation sites is 1. The SMILES string of the molecule is CCCSCCCC(=O)Nc1ccccc1C#N. The van der Waals surface area contributed by atoms with Crippen LogP contribution in [0.3, 0.4) is 0 Å². The van der Waals surface area contributed by atoms with E-state index in [0.29, 0.717) is 17.7 Å². The lowest BCUT2D eigenvalue weighted by Gasteiger charge is -2.06. The van der Waals surface area contributed by atoms with Crippen LogP contribution in [0.4, 0.5) is 5.69 Å². The first-order valence-corrected chi connectivity index (χ1v) is 7.30. The molecule has 0 aliphatic carbocycles. The number of nitriles is 1. The van der Waals surface area contributed by atoms with Gasteiger partial charge in [0.1, 0.15) is 6.07 Å². The Morgan fingerprint density at radius 2 is 2.17 bits per heavy atom. The second kappa shape index (κ2) is 8.60. The van der Waals surface area contributed by atoms with Crippen LogP contribution in [0.1, 0.15) is 31.7 Å². The van der Waals surface area contributed by atoms with Gasteiger partial charge in [-0.2, -0.15) is 17.0 Å². The van der Waals surface area contributed by atoms with Gasteiger partial charge in [-0.1, -0.05) is 19.1 Å². The average Bonchev–Trinajstić information content (AvgIpc) is 2.39. The molecular weight excluding hydrogens is 244 g/mol. The first-order valence-electron chi connectivity index (χ1n) is 6.14. The first-order chi connectivity index (χ1) is 8.77. The molecule has 0 aliphatic rings. The number of nitrogens with one attached hydrogen (secondary N) is 1. The predicted octanol–water partition coefficient (Wildman–Crippen LogP) is 3.42. The van der Waals surface area contributed by atoms with Crippen molar-refractivity contribution in [1.29, 1.82) is 5.26 Å². The number of hydrogen-bond acceptors (Lipinski definition) is 3. The molecule has 0 saturated heterocycles. The van der Waals surface area contributed by atoms with Gasteiger partial charge in [0, 0.05) is 6.42 Å². The van der Waals surface area contributed by atoms with Crippen molar-refractivity contribution in [3.05, 3.63) is 29.8 Å². The largest absolute Gasteiger partial charge is 0.325 e. The van der Waals surface area contributed by atoms with Crippen molar-refractivity contribution in [2.75, 3.05) is 16.8 Å². The number of nitrogens with zero attached hydrogens (tertiary/aromatic N) is 1. The van der Waals surface area contributed by atoms with E-state index < -0.39 is 0 Å². The molecule has 18 heavy (non-hydrogen) atoms. The third-order valence-corrected chi connectivity index (χ3v) is 3.64. The van der Waals surface area contributed by atoms with Crippen LogP contribution in [-0.2, 0) is 4.79 Å². The van der Waals surface area contributed by atoms with Gasteiger partial charge < -0.3 is 5.32 Å². The van der Waals surface area contributed by atoms with E-state index in [2.05, 4.69) is 18.3 Å². The summed E-state index contributed by atoms with van der Waals surface area (Å²) in [5.41, 5.74) is 1.11. The number of amides is 1. The Morgan fingerprint density at radius 1 is 1.39 bits per heavy atom. The summed E-state index contributed by atoms with van der Waals surface area (Å²) in [7, 11) is 0. The molecule has 96 valence electrons. The van der Waals surface area contributed by atoms with Gasteiger partial charge in [-0.05, 0) is 36.5 Å². The van der Waals surface area contributed by atoms with Gasteiger partial charge in [0.2, 0.25) is 5.91 Å². The quantitative estimate of drug-likeness (QED) is 0.766. The maximum atomic E-state index is 11.7. The third kappa shape index (κ3) is 5.24. The summed E-state index contributed by atoms with van der Waals surface area (Å²) in [6.07, 6.45) is 2.56. The van der Waals surface area contributed by atoms with Crippen LogP contribution in [0.5, 0.6) is 0 Å². The van der Waals surface area contributed by atoms with E-state index in [1.54, 1.807) is 18.2 Å². The fourth-order valence-corrected chi connectivity index (χ4v) is 2.32. The van der Waals surface area contributed by atoms with Gasteiger partial charge in [-0.25, -0.2) is 0 Å². The molecule has 0 heterocycles. The molecular formula is C14H18N2OS. The lowest BCUT2D eigenvalue weighted by atomic mass is 10.2. The lowest BCUT2D eigenvalue weighted by Crippen LogP contribution is -2.12. The Bertz CT molecular complexity index is 426. The molecule has 0 spiro atoms. The van der Waals surface area contributed by atoms with Crippen LogP contribution < -0.4 is 5.32 Å². The predicted molar refractivity (Wildman–Crippen MR) is 76.6 cm³/mol. The Morgan fingerprint density at radius 3 is 2.89 bits per heavy atom. The van der Waals surface area contributed by atoms with E-state index >= 15 is 0 Å². The molecule has 0 unspecified atom stereocenters. The molecule has 1 rings (SSSR count). The van der Waals surface area contributed by atoms with E-state index in [0.717, 1.165) is 17.9 Å². The second-order valence-corrected chi connectivity index (χ2v) is 5.15. The molecule has 0 bridgehead atoms. The highest BCUT2D eigenvalue weighted by molar-refractivity contribution is 7.99. The summed E-state index contributed by atoms with van der Waals surface area (Å²) in [5, 5.41) is 11.7. The molecule has 1 amide bonds. The van der Waals surface area contributed by atoms with E-state index in [9.17, 15) is 4.79 Å². The number of thioether (sulfide) groups is 1. The highest BCUT2D eigenvalue weighted by Crippen LogP contribution is 2.14. The molecule has 0 aromatic heterocycles. The Balaban J connectivity index is 2.34. The highest BCUT2D eigenvalue weighted by atomic mass is 32.2. The van der Waals surface area contributed by atoms with Gasteiger partial charge >= 0.3 is 0 Å². The summed E-state index contributed by atoms with van der Waals surface area (Å²) < 4.78 is 0. The molecule has 1 aromatic rings. The van der Waals surface area contributed by atoms with E-state index in [1.807, 2.05) is 17.8 Å². The maximum Gasteiger partial charge on any atom is 0.224 e. The zero-order valence-corrected chi connectivity index (χ0v) is 11.4. The van der Waals surface area contributed by atoms with E-state index in [1.165, 1.54) is 6.42 Å². The average molecular weight is 262 g/mol. The van der Waals surface area contributed by atoms with Crippen LogP contribution in [0.2, 0.25) is 0 Å². The Hall–Kier alpha value is -1.47. The standard InChI is InChI=1S/C14H18N2OS/c1-2-9-18-10-5-8-14(17)16-13-7-4-3-6-12(13)11-15/h3-4,6-7H,2,5,8-10H2,1H3,(H,16,17). The molecule has 0 atom stereocenters. The molecule has 1 aromatic carbocycles. The second-order valence-electron chi connectivity index (χ2n) is 3.92. The highest BCUT2D eigenvalue weighted by Gasteiger charge is 2.05. The normalized spacial score (nSPS) is 9.78. The first kappa shape index (κ1) is 14.6. The summed E-state index contributed by atoms with van der Waals surface area (Å²) in [6, 6.07) is 9.12. The number of carbonyl (C=O) groups excluding carboxylic acids is 1. The summed E-state index contributed by atoms with van der Waals surface area (Å²) in [6.45, 7) is 2.15. The Kier molecular flexibility index (Phi) is 6.97. The smallest absolute Gasteiger partial charge is 0.224 e. The minimum absolute atomic E-state index is 0.0187. The summed E-state index contributed by atoms with van der Waals surface area (Å²) in [5.74, 6) is 2.15. The number of rotatable bonds is 7. The number of benzene rings is 1. The van der Waals surface area contributed by atoms with Gasteiger partial charge in [-0.15, -0.1) is 0 Å². The number of hydrogen-bond donors (Lipinski definition) is 1. The summed E-state index contributed by atoms with van der Waals surface area (Å²) in [4.78, 5) is 11.7. The number of anilines is 1. The van der Waals surface area contributed by atoms with Crippen LogP contribution in [0, 0.1) is 11.3 Å². The fourth-order valence-electron chi connectivity index (χ4n) is 1.48.